The standard InChI is InChI=1S/C26H24NO4.C5H5.Fe/c28-21-12-8-18(9-13-21)23(19-10-14-22(29)15-11-19)6-3-7-24(20-4-1-2-5-20)27-25(30)16-17-26(27)31;1-2-4-5-3-1;/h1-2,4-6,8-15,24,28-29H,3,7,16-17H2;1-5H;/q-1;-5;. The number of aromatic hydroxyl groups is 2. The first kappa shape index (κ1) is 27.7. The molecule has 1 heterocycles. The van der Waals surface area contributed by atoms with Crippen molar-refractivity contribution in [3.8, 4) is 11.5 Å². The molecule has 6 heteroatoms. The van der Waals surface area contributed by atoms with Gasteiger partial charge in [-0.1, -0.05) is 30.3 Å². The number of carbonyl (C=O) groups is 2. The number of likely N-dealkylation sites (tertiary alicyclic amines) is 1. The topological polar surface area (TPSA) is 77.8 Å². The number of amides is 2. The van der Waals surface area contributed by atoms with E-state index >= 15 is 0 Å². The first-order valence-corrected chi connectivity index (χ1v) is 12.0. The monoisotopic (exact) mass is 535 g/mol. The molecule has 4 aromatic carbocycles. The van der Waals surface area contributed by atoms with Crippen molar-refractivity contribution in [2.45, 2.75) is 31.7 Å². The van der Waals surface area contributed by atoms with E-state index in [0.29, 0.717) is 12.8 Å². The van der Waals surface area contributed by atoms with E-state index in [1.807, 2.05) is 78.9 Å². The first-order chi connectivity index (χ1) is 17.5. The van der Waals surface area contributed by atoms with E-state index in [2.05, 4.69) is 6.08 Å². The Morgan fingerprint density at radius 1 is 0.811 bits per heavy atom. The van der Waals surface area contributed by atoms with Gasteiger partial charge >= 0.3 is 0 Å². The van der Waals surface area contributed by atoms with Crippen LogP contribution in [0.2, 0.25) is 0 Å². The molecule has 0 bridgehead atoms. The minimum Gasteiger partial charge on any atom is -0.748 e. The van der Waals surface area contributed by atoms with Crippen molar-refractivity contribution in [1.29, 1.82) is 0 Å². The van der Waals surface area contributed by atoms with E-state index < -0.39 is 0 Å². The minimum absolute atomic E-state index is 0. The quantitative estimate of drug-likeness (QED) is 0.165. The Morgan fingerprint density at radius 2 is 1.24 bits per heavy atom. The van der Waals surface area contributed by atoms with Gasteiger partial charge in [-0.3, -0.25) is 14.5 Å². The second-order valence-corrected chi connectivity index (χ2v) is 8.64. The molecule has 1 unspecified atom stereocenters. The predicted octanol–water partition coefficient (Wildman–Crippen LogP) is 6.32. The predicted molar refractivity (Wildman–Crippen MR) is 140 cm³/mol. The molecule has 1 aliphatic heterocycles. The smallest absolute Gasteiger partial charge is 0.229 e. The fourth-order valence-corrected chi connectivity index (χ4v) is 4.39. The third kappa shape index (κ3) is 7.32. The van der Waals surface area contributed by atoms with Gasteiger partial charge in [-0.25, -0.2) is 12.1 Å². The van der Waals surface area contributed by atoms with Gasteiger partial charge in [-0.2, -0.15) is 12.1 Å². The number of carbonyl (C=O) groups excluding carboxylic acids is 2. The Hall–Kier alpha value is -3.86. The summed E-state index contributed by atoms with van der Waals surface area (Å²) in [6.07, 6.45) is 3.89. The van der Waals surface area contributed by atoms with E-state index in [0.717, 1.165) is 22.3 Å². The fraction of sp³-hybridized carbons (Fsp3) is 0.161. The number of phenolic OH excluding ortho intramolecular Hbond substituents is 2. The van der Waals surface area contributed by atoms with Gasteiger partial charge in [0.25, 0.3) is 0 Å². The van der Waals surface area contributed by atoms with Crippen molar-refractivity contribution in [3.63, 3.8) is 0 Å². The van der Waals surface area contributed by atoms with Gasteiger partial charge in [-0.05, 0) is 53.8 Å². The second-order valence-electron chi connectivity index (χ2n) is 8.64. The van der Waals surface area contributed by atoms with Crippen LogP contribution in [0.4, 0.5) is 0 Å². The van der Waals surface area contributed by atoms with E-state index in [9.17, 15) is 19.8 Å². The Bertz CT molecular complexity index is 1190. The van der Waals surface area contributed by atoms with Crippen LogP contribution in [0.1, 0.15) is 48.4 Å². The molecule has 0 radical (unpaired) electrons. The maximum absolute atomic E-state index is 12.4. The van der Waals surface area contributed by atoms with Gasteiger partial charge in [-0.15, -0.1) is 5.56 Å². The SMILES string of the molecule is O=C1CCC(=O)N1C(CCC=C(c1ccc(O)cc1)c1ccc(O)cc1)[c-]1cccc1.[Fe].[cH-]1[cH-][cH-][cH-][cH-]1. The van der Waals surface area contributed by atoms with Crippen LogP contribution in [-0.2, 0) is 26.7 Å². The van der Waals surface area contributed by atoms with Crippen molar-refractivity contribution in [2.24, 2.45) is 0 Å². The summed E-state index contributed by atoms with van der Waals surface area (Å²) in [5.41, 5.74) is 3.79. The number of hydrogen-bond donors (Lipinski definition) is 2. The van der Waals surface area contributed by atoms with Crippen molar-refractivity contribution < 1.29 is 36.9 Å². The van der Waals surface area contributed by atoms with Crippen molar-refractivity contribution in [2.75, 3.05) is 0 Å². The van der Waals surface area contributed by atoms with Gasteiger partial charge in [0, 0.05) is 36.0 Å². The molecule has 0 aliphatic carbocycles. The molecule has 196 valence electrons. The fourth-order valence-electron chi connectivity index (χ4n) is 4.39. The molecule has 2 N–H and O–H groups in total. The van der Waals surface area contributed by atoms with Gasteiger partial charge in [0.1, 0.15) is 11.5 Å². The molecule has 0 saturated carbocycles. The Labute approximate surface area is 227 Å². The van der Waals surface area contributed by atoms with Gasteiger partial charge in [0.05, 0.1) is 0 Å². The zero-order valence-corrected chi connectivity index (χ0v) is 21.4. The number of phenols is 2. The van der Waals surface area contributed by atoms with E-state index in [4.69, 9.17) is 0 Å². The first-order valence-electron chi connectivity index (χ1n) is 12.0. The molecule has 37 heavy (non-hydrogen) atoms. The maximum atomic E-state index is 12.4. The molecular formula is C31H29FeNO4-6. The molecule has 1 atom stereocenters. The molecule has 5 nitrogen and oxygen atoms in total. The van der Waals surface area contributed by atoms with Crippen molar-refractivity contribution >= 4 is 17.4 Å². The van der Waals surface area contributed by atoms with E-state index in [-0.39, 0.29) is 59.3 Å². The number of imide groups is 1. The number of rotatable bonds is 7. The van der Waals surface area contributed by atoms with Crippen LogP contribution in [0.3, 0.4) is 0 Å². The van der Waals surface area contributed by atoms with Crippen LogP contribution in [0, 0.1) is 0 Å². The molecular weight excluding hydrogens is 506 g/mol. The minimum atomic E-state index is -0.283. The number of allylic oxidation sites excluding steroid dienone is 1. The van der Waals surface area contributed by atoms with Crippen LogP contribution in [0.5, 0.6) is 11.5 Å². The molecule has 5 rings (SSSR count). The van der Waals surface area contributed by atoms with E-state index in [1.54, 1.807) is 24.3 Å². The summed E-state index contributed by atoms with van der Waals surface area (Å²) in [5, 5.41) is 19.3. The van der Waals surface area contributed by atoms with Crippen LogP contribution < -0.4 is 0 Å². The Kier molecular flexibility index (Phi) is 10.1. The van der Waals surface area contributed by atoms with Crippen LogP contribution in [0.15, 0.2) is 109 Å². The number of hydrogen-bond acceptors (Lipinski definition) is 4. The zero-order chi connectivity index (χ0) is 25.3. The van der Waals surface area contributed by atoms with Crippen molar-refractivity contribution in [3.05, 3.63) is 126 Å². The summed E-state index contributed by atoms with van der Waals surface area (Å²) in [6, 6.07) is 31.4. The molecule has 1 fully saturated rings. The van der Waals surface area contributed by atoms with Crippen LogP contribution >= 0.6 is 0 Å². The Morgan fingerprint density at radius 3 is 1.68 bits per heavy atom. The third-order valence-electron chi connectivity index (χ3n) is 6.18. The number of benzene rings is 2. The Balaban J connectivity index is 0.000000568. The molecule has 4 aromatic rings. The average Bonchev–Trinajstić information content (AvgIpc) is 3.67. The summed E-state index contributed by atoms with van der Waals surface area (Å²) >= 11 is 0. The summed E-state index contributed by atoms with van der Waals surface area (Å²) in [6.45, 7) is 0. The average molecular weight is 535 g/mol. The summed E-state index contributed by atoms with van der Waals surface area (Å²) < 4.78 is 0. The largest absolute Gasteiger partial charge is 0.748 e. The molecule has 1 aliphatic rings. The third-order valence-corrected chi connectivity index (χ3v) is 6.18. The number of nitrogens with zero attached hydrogens (tertiary/aromatic N) is 1. The summed E-state index contributed by atoms with van der Waals surface area (Å²) in [5.74, 6) is 0.155. The van der Waals surface area contributed by atoms with Crippen molar-refractivity contribution in [1.82, 2.24) is 4.90 Å². The van der Waals surface area contributed by atoms with E-state index in [1.165, 1.54) is 4.90 Å². The summed E-state index contributed by atoms with van der Waals surface area (Å²) in [4.78, 5) is 26.2. The van der Waals surface area contributed by atoms with Gasteiger partial charge in [0.2, 0.25) is 11.8 Å². The van der Waals surface area contributed by atoms with Crippen LogP contribution in [-0.4, -0.2) is 26.9 Å². The second kappa shape index (κ2) is 13.4. The normalized spacial score (nSPS) is 13.4. The molecule has 1 saturated heterocycles. The van der Waals surface area contributed by atoms with Gasteiger partial charge in [0.15, 0.2) is 0 Å². The maximum Gasteiger partial charge on any atom is 0.229 e. The molecule has 0 spiro atoms. The summed E-state index contributed by atoms with van der Waals surface area (Å²) in [7, 11) is 0. The van der Waals surface area contributed by atoms with Crippen LogP contribution in [0.25, 0.3) is 5.57 Å². The molecule has 2 amide bonds. The zero-order valence-electron chi connectivity index (χ0n) is 20.3. The molecule has 0 aromatic heterocycles. The van der Waals surface area contributed by atoms with Gasteiger partial charge < -0.3 is 40.5 Å².